The summed E-state index contributed by atoms with van der Waals surface area (Å²) in [5.41, 5.74) is 7.48. The van der Waals surface area contributed by atoms with Gasteiger partial charge in [0.1, 0.15) is 0 Å². The maximum Gasteiger partial charge on any atom is 0.251 e. The van der Waals surface area contributed by atoms with E-state index < -0.39 is 0 Å². The smallest absolute Gasteiger partial charge is 0.251 e. The number of halogens is 1. The van der Waals surface area contributed by atoms with Crippen LogP contribution in [0.4, 0.5) is 0 Å². The molecule has 4 heteroatoms. The minimum atomic E-state index is 0. The van der Waals surface area contributed by atoms with Crippen molar-refractivity contribution in [2.45, 2.75) is 38.6 Å². The van der Waals surface area contributed by atoms with E-state index in [2.05, 4.69) is 64.5 Å². The second-order valence-electron chi connectivity index (χ2n) is 8.08. The maximum atomic E-state index is 12.5. The number of fused-ring (bicyclic) bond motifs is 3. The molecular formula is C25H27ClN2O. The maximum absolute atomic E-state index is 12.5. The number of hydrogen-bond acceptors (Lipinski definition) is 2. The first-order valence-electron chi connectivity index (χ1n) is 10.4. The number of nitrogens with one attached hydrogen (secondary N) is 1. The van der Waals surface area contributed by atoms with Crippen molar-refractivity contribution in [3.05, 3.63) is 87.2 Å². The number of rotatable bonds is 3. The van der Waals surface area contributed by atoms with Gasteiger partial charge in [0, 0.05) is 36.1 Å². The Morgan fingerprint density at radius 2 is 1.72 bits per heavy atom. The van der Waals surface area contributed by atoms with E-state index in [1.54, 1.807) is 0 Å². The summed E-state index contributed by atoms with van der Waals surface area (Å²) in [6.45, 7) is 2.97. The molecule has 1 aliphatic heterocycles. The molecule has 0 amide bonds. The van der Waals surface area contributed by atoms with Crippen molar-refractivity contribution in [3.8, 4) is 0 Å². The highest BCUT2D eigenvalue weighted by Gasteiger charge is 2.17. The van der Waals surface area contributed by atoms with Crippen LogP contribution in [0.1, 0.15) is 41.5 Å². The van der Waals surface area contributed by atoms with Crippen LogP contribution in [0.2, 0.25) is 0 Å². The summed E-state index contributed by atoms with van der Waals surface area (Å²) in [4.78, 5) is 18.1. The summed E-state index contributed by atoms with van der Waals surface area (Å²) in [5, 5.41) is 1.24. The molecule has 0 atom stereocenters. The third kappa shape index (κ3) is 4.03. The Morgan fingerprint density at radius 3 is 2.48 bits per heavy atom. The molecular weight excluding hydrogens is 380 g/mol. The first-order chi connectivity index (χ1) is 13.8. The quantitative estimate of drug-likeness (QED) is 0.655. The molecule has 0 radical (unpaired) electrons. The first kappa shape index (κ1) is 19.9. The fourth-order valence-corrected chi connectivity index (χ4v) is 4.73. The highest BCUT2D eigenvalue weighted by Crippen LogP contribution is 2.27. The third-order valence-corrected chi connectivity index (χ3v) is 6.24. The Hall–Kier alpha value is -2.36. The number of aromatic amines is 1. The van der Waals surface area contributed by atoms with Crippen molar-refractivity contribution in [1.82, 2.24) is 9.88 Å². The molecule has 2 heterocycles. The molecule has 0 unspecified atom stereocenters. The van der Waals surface area contributed by atoms with Gasteiger partial charge in [-0.3, -0.25) is 9.69 Å². The molecule has 2 aromatic carbocycles. The van der Waals surface area contributed by atoms with Gasteiger partial charge < -0.3 is 4.98 Å². The lowest BCUT2D eigenvalue weighted by Crippen LogP contribution is -2.28. The Labute approximate surface area is 177 Å². The molecule has 0 saturated carbocycles. The van der Waals surface area contributed by atoms with Crippen molar-refractivity contribution in [2.75, 3.05) is 13.1 Å². The number of aryl methyl sites for hydroxylation is 1. The Morgan fingerprint density at radius 1 is 0.931 bits per heavy atom. The number of aromatic nitrogens is 1. The second-order valence-corrected chi connectivity index (χ2v) is 8.08. The monoisotopic (exact) mass is 406 g/mol. The molecule has 2 aliphatic rings. The number of H-pyrrole nitrogens is 1. The van der Waals surface area contributed by atoms with Crippen LogP contribution >= 0.6 is 12.4 Å². The predicted molar refractivity (Wildman–Crippen MR) is 123 cm³/mol. The molecule has 1 aromatic heterocycles. The van der Waals surface area contributed by atoms with Crippen LogP contribution in [0, 0.1) is 0 Å². The van der Waals surface area contributed by atoms with Gasteiger partial charge in [-0.05, 0) is 60.4 Å². The summed E-state index contributed by atoms with van der Waals surface area (Å²) >= 11 is 0. The van der Waals surface area contributed by atoms with E-state index in [-0.39, 0.29) is 18.0 Å². The normalized spacial score (nSPS) is 16.8. The molecule has 0 bridgehead atoms. The lowest BCUT2D eigenvalue weighted by atomic mass is 9.89. The fraction of sp³-hybridized carbons (Fsp3) is 0.320. The van der Waals surface area contributed by atoms with E-state index in [4.69, 9.17) is 0 Å². The summed E-state index contributed by atoms with van der Waals surface area (Å²) in [5.74, 6) is 0. The van der Waals surface area contributed by atoms with Gasteiger partial charge >= 0.3 is 0 Å². The van der Waals surface area contributed by atoms with E-state index in [1.807, 2.05) is 0 Å². The standard InChI is InChI=1S/C25H26N2O.ClH/c28-25-23-9-5-4-8-21(23)22-11-10-18(16-24(22)26-25)17-27-14-12-20(13-15-27)19-6-2-1-3-7-19;/h1-3,6-7,10-12,16H,4-5,8-9,13-15,17H2,(H,26,28);1H. The zero-order chi connectivity index (χ0) is 18.9. The molecule has 3 aromatic rings. The van der Waals surface area contributed by atoms with Gasteiger partial charge in [0.25, 0.3) is 5.56 Å². The average molecular weight is 407 g/mol. The Kier molecular flexibility index (Phi) is 5.89. The molecule has 1 N–H and O–H groups in total. The molecule has 0 spiro atoms. The fourth-order valence-electron chi connectivity index (χ4n) is 4.73. The van der Waals surface area contributed by atoms with Crippen LogP contribution in [0.5, 0.6) is 0 Å². The van der Waals surface area contributed by atoms with Crippen molar-refractivity contribution in [2.24, 2.45) is 0 Å². The highest BCUT2D eigenvalue weighted by atomic mass is 35.5. The summed E-state index contributed by atoms with van der Waals surface area (Å²) in [7, 11) is 0. The van der Waals surface area contributed by atoms with Crippen molar-refractivity contribution in [1.29, 1.82) is 0 Å². The summed E-state index contributed by atoms with van der Waals surface area (Å²) in [6.07, 6.45) is 7.73. The minimum Gasteiger partial charge on any atom is -0.322 e. The lowest BCUT2D eigenvalue weighted by molar-refractivity contribution is 0.294. The van der Waals surface area contributed by atoms with Gasteiger partial charge in [0.05, 0.1) is 0 Å². The van der Waals surface area contributed by atoms with Gasteiger partial charge in [0.15, 0.2) is 0 Å². The number of pyridine rings is 1. The molecule has 150 valence electrons. The van der Waals surface area contributed by atoms with E-state index >= 15 is 0 Å². The van der Waals surface area contributed by atoms with Gasteiger partial charge in [-0.25, -0.2) is 0 Å². The SMILES string of the molecule is Cl.O=c1[nH]c2cc(CN3CC=C(c4ccccc4)CC3)ccc2c2c1CCCC2. The molecule has 3 nitrogen and oxygen atoms in total. The van der Waals surface area contributed by atoms with Crippen molar-refractivity contribution < 1.29 is 0 Å². The molecule has 29 heavy (non-hydrogen) atoms. The number of hydrogen-bond donors (Lipinski definition) is 1. The van der Waals surface area contributed by atoms with Crippen LogP contribution in [-0.2, 0) is 19.4 Å². The molecule has 0 fully saturated rings. The lowest BCUT2D eigenvalue weighted by Gasteiger charge is -2.26. The van der Waals surface area contributed by atoms with E-state index in [9.17, 15) is 4.79 Å². The van der Waals surface area contributed by atoms with Crippen LogP contribution in [0.3, 0.4) is 0 Å². The molecule has 0 saturated heterocycles. The Balaban J connectivity index is 0.00000205. The highest BCUT2D eigenvalue weighted by molar-refractivity contribution is 5.85. The van der Waals surface area contributed by atoms with Crippen LogP contribution < -0.4 is 5.56 Å². The van der Waals surface area contributed by atoms with E-state index in [0.717, 1.165) is 56.4 Å². The van der Waals surface area contributed by atoms with Gasteiger partial charge in [0.2, 0.25) is 0 Å². The van der Waals surface area contributed by atoms with Crippen LogP contribution in [0.15, 0.2) is 59.4 Å². The Bertz CT molecular complexity index is 1100. The topological polar surface area (TPSA) is 36.1 Å². The van der Waals surface area contributed by atoms with Gasteiger partial charge in [-0.1, -0.05) is 48.5 Å². The van der Waals surface area contributed by atoms with Crippen molar-refractivity contribution >= 4 is 28.9 Å². The summed E-state index contributed by atoms with van der Waals surface area (Å²) < 4.78 is 0. The number of nitrogens with zero attached hydrogens (tertiary/aromatic N) is 1. The largest absolute Gasteiger partial charge is 0.322 e. The number of benzene rings is 2. The van der Waals surface area contributed by atoms with Crippen molar-refractivity contribution in [3.63, 3.8) is 0 Å². The first-order valence-corrected chi connectivity index (χ1v) is 10.4. The van der Waals surface area contributed by atoms with E-state index in [0.29, 0.717) is 0 Å². The van der Waals surface area contributed by atoms with Gasteiger partial charge in [-0.15, -0.1) is 12.4 Å². The average Bonchev–Trinajstić information content (AvgIpc) is 2.75. The zero-order valence-electron chi connectivity index (χ0n) is 16.6. The molecule has 5 rings (SSSR count). The minimum absolute atomic E-state index is 0. The summed E-state index contributed by atoms with van der Waals surface area (Å²) in [6, 6.07) is 17.3. The van der Waals surface area contributed by atoms with E-state index in [1.165, 1.54) is 34.1 Å². The molecule has 1 aliphatic carbocycles. The predicted octanol–water partition coefficient (Wildman–Crippen LogP) is 5.12. The second kappa shape index (κ2) is 8.56. The third-order valence-electron chi connectivity index (χ3n) is 6.24. The van der Waals surface area contributed by atoms with Crippen LogP contribution in [-0.4, -0.2) is 23.0 Å². The van der Waals surface area contributed by atoms with Gasteiger partial charge in [-0.2, -0.15) is 0 Å². The van der Waals surface area contributed by atoms with Crippen LogP contribution in [0.25, 0.3) is 16.5 Å². The zero-order valence-corrected chi connectivity index (χ0v) is 17.4.